The largest absolute Gasteiger partial charge is 0.466 e. The molecule has 0 N–H and O–H groups in total. The average molecular weight is 214 g/mol. The molecular formula is C10H14O3S. The summed E-state index contributed by atoms with van der Waals surface area (Å²) in [6, 6.07) is 0. The Kier molecular flexibility index (Phi) is 2.72. The van der Waals surface area contributed by atoms with Gasteiger partial charge in [-0.25, -0.2) is 4.79 Å². The van der Waals surface area contributed by atoms with Crippen LogP contribution < -0.4 is 0 Å². The van der Waals surface area contributed by atoms with Crippen molar-refractivity contribution in [2.24, 2.45) is 0 Å². The minimum atomic E-state index is -0.649. The lowest BCUT2D eigenvalue weighted by molar-refractivity contribution is -0.134. The number of esters is 1. The lowest BCUT2D eigenvalue weighted by atomic mass is 10.1. The summed E-state index contributed by atoms with van der Waals surface area (Å²) >= 11 is 0. The highest BCUT2D eigenvalue weighted by Crippen LogP contribution is 2.38. The first-order valence-corrected chi connectivity index (χ1v) is 6.15. The molecule has 14 heavy (non-hydrogen) atoms. The lowest BCUT2D eigenvalue weighted by Crippen LogP contribution is -2.23. The molecule has 2 aliphatic rings. The van der Waals surface area contributed by atoms with Crippen LogP contribution in [-0.4, -0.2) is 27.8 Å². The number of hydrogen-bond acceptors (Lipinski definition) is 3. The summed E-state index contributed by atoms with van der Waals surface area (Å²) in [5, 5.41) is 0.592. The zero-order chi connectivity index (χ0) is 10.1. The molecule has 2 atom stereocenters. The van der Waals surface area contributed by atoms with Gasteiger partial charge in [0.15, 0.2) is 0 Å². The third kappa shape index (κ3) is 1.75. The Morgan fingerprint density at radius 2 is 2.00 bits per heavy atom. The van der Waals surface area contributed by atoms with E-state index in [1.807, 2.05) is 0 Å². The molecule has 2 unspecified atom stereocenters. The molecule has 0 amide bonds. The molecule has 0 saturated carbocycles. The van der Waals surface area contributed by atoms with Crippen molar-refractivity contribution in [3.05, 3.63) is 11.6 Å². The van der Waals surface area contributed by atoms with Crippen LogP contribution in [0.3, 0.4) is 0 Å². The summed E-state index contributed by atoms with van der Waals surface area (Å²) < 4.78 is 16.2. The normalized spacial score (nSPS) is 35.5. The summed E-state index contributed by atoms with van der Waals surface area (Å²) in [5.41, 5.74) is 1.11. The van der Waals surface area contributed by atoms with Gasteiger partial charge in [0.1, 0.15) is 0 Å². The molecule has 78 valence electrons. The Hall–Kier alpha value is -0.640. The fraction of sp³-hybridized carbons (Fsp3) is 0.700. The van der Waals surface area contributed by atoms with E-state index in [1.54, 1.807) is 6.08 Å². The summed E-state index contributed by atoms with van der Waals surface area (Å²) in [6.07, 6.45) is 5.31. The maximum Gasteiger partial charge on any atom is 0.330 e. The van der Waals surface area contributed by atoms with Crippen molar-refractivity contribution < 1.29 is 13.7 Å². The number of methoxy groups -OCH3 is 1. The van der Waals surface area contributed by atoms with Crippen LogP contribution in [0.15, 0.2) is 11.6 Å². The second kappa shape index (κ2) is 3.85. The quantitative estimate of drug-likeness (QED) is 0.486. The van der Waals surface area contributed by atoms with Crippen molar-refractivity contribution >= 4 is 16.8 Å². The molecular weight excluding hydrogens is 200 g/mol. The van der Waals surface area contributed by atoms with Crippen LogP contribution in [0.25, 0.3) is 0 Å². The van der Waals surface area contributed by atoms with Gasteiger partial charge in [-0.15, -0.1) is 0 Å². The van der Waals surface area contributed by atoms with Crippen molar-refractivity contribution in [3.63, 3.8) is 0 Å². The smallest absolute Gasteiger partial charge is 0.330 e. The Labute approximate surface area is 86.0 Å². The van der Waals surface area contributed by atoms with Gasteiger partial charge in [-0.1, -0.05) is 5.57 Å². The Balaban J connectivity index is 2.09. The summed E-state index contributed by atoms with van der Waals surface area (Å²) in [7, 11) is 0.735. The second-order valence-electron chi connectivity index (χ2n) is 3.88. The van der Waals surface area contributed by atoms with Gasteiger partial charge in [0.25, 0.3) is 0 Å². The first kappa shape index (κ1) is 9.90. The van der Waals surface area contributed by atoms with Gasteiger partial charge in [-0.3, -0.25) is 4.21 Å². The molecule has 0 aromatic carbocycles. The first-order valence-electron chi connectivity index (χ1n) is 4.87. The number of hydrogen-bond donors (Lipinski definition) is 0. The predicted octanol–water partition coefficient (Wildman–Crippen LogP) is 1.16. The van der Waals surface area contributed by atoms with E-state index in [0.29, 0.717) is 10.5 Å². The molecule has 0 spiro atoms. The van der Waals surface area contributed by atoms with E-state index < -0.39 is 10.8 Å². The molecule has 2 heterocycles. The maximum absolute atomic E-state index is 11.7. The highest BCUT2D eigenvalue weighted by molar-refractivity contribution is 7.86. The number of fused-ring (bicyclic) bond motifs is 2. The van der Waals surface area contributed by atoms with Crippen molar-refractivity contribution in [1.29, 1.82) is 0 Å². The van der Waals surface area contributed by atoms with Crippen molar-refractivity contribution in [3.8, 4) is 0 Å². The number of carbonyl (C=O) groups excluding carboxylic acids is 1. The van der Waals surface area contributed by atoms with Gasteiger partial charge in [0.2, 0.25) is 0 Å². The van der Waals surface area contributed by atoms with Crippen LogP contribution in [-0.2, 0) is 20.3 Å². The molecule has 0 aromatic heterocycles. The average Bonchev–Trinajstić information content (AvgIpc) is 2.42. The third-order valence-corrected chi connectivity index (χ3v) is 5.09. The van der Waals surface area contributed by atoms with Crippen molar-refractivity contribution in [1.82, 2.24) is 0 Å². The van der Waals surface area contributed by atoms with Crippen LogP contribution in [0.2, 0.25) is 0 Å². The highest BCUT2D eigenvalue weighted by atomic mass is 32.2. The number of carbonyl (C=O) groups is 1. The van der Waals surface area contributed by atoms with Gasteiger partial charge in [0.05, 0.1) is 7.11 Å². The van der Waals surface area contributed by atoms with Crippen LogP contribution >= 0.6 is 0 Å². The van der Waals surface area contributed by atoms with Gasteiger partial charge < -0.3 is 4.74 Å². The molecule has 2 rings (SSSR count). The number of allylic oxidation sites excluding steroid dienone is 1. The Bertz CT molecular complexity index is 290. The fourth-order valence-corrected chi connectivity index (χ4v) is 4.29. The minimum Gasteiger partial charge on any atom is -0.466 e. The molecule has 2 saturated heterocycles. The van der Waals surface area contributed by atoms with Crippen LogP contribution in [0.1, 0.15) is 25.7 Å². The van der Waals surface area contributed by atoms with E-state index in [4.69, 9.17) is 0 Å². The monoisotopic (exact) mass is 214 g/mol. The van der Waals surface area contributed by atoms with E-state index in [0.717, 1.165) is 31.3 Å². The molecule has 2 bridgehead atoms. The SMILES string of the molecule is COC(=O)C=C1CC2CCC(C1)S2=O. The molecule has 0 radical (unpaired) electrons. The zero-order valence-electron chi connectivity index (χ0n) is 8.19. The van der Waals surface area contributed by atoms with E-state index in [2.05, 4.69) is 4.74 Å². The molecule has 2 fully saturated rings. The highest BCUT2D eigenvalue weighted by Gasteiger charge is 2.38. The summed E-state index contributed by atoms with van der Waals surface area (Å²) in [6.45, 7) is 0. The molecule has 3 nitrogen and oxygen atoms in total. The molecule has 0 aliphatic carbocycles. The summed E-state index contributed by atoms with van der Waals surface area (Å²) in [5.74, 6) is -0.285. The molecule has 0 aromatic rings. The van der Waals surface area contributed by atoms with Crippen LogP contribution in [0, 0.1) is 0 Å². The second-order valence-corrected chi connectivity index (χ2v) is 5.87. The zero-order valence-corrected chi connectivity index (χ0v) is 9.01. The lowest BCUT2D eigenvalue weighted by Gasteiger charge is -2.20. The van der Waals surface area contributed by atoms with Crippen molar-refractivity contribution in [2.75, 3.05) is 7.11 Å². The van der Waals surface area contributed by atoms with E-state index in [1.165, 1.54) is 7.11 Å². The van der Waals surface area contributed by atoms with Crippen molar-refractivity contribution in [2.45, 2.75) is 36.2 Å². The first-order chi connectivity index (χ1) is 6.70. The van der Waals surface area contributed by atoms with Crippen LogP contribution in [0.5, 0.6) is 0 Å². The van der Waals surface area contributed by atoms with Gasteiger partial charge in [0, 0.05) is 27.4 Å². The van der Waals surface area contributed by atoms with E-state index >= 15 is 0 Å². The number of ether oxygens (including phenoxy) is 1. The van der Waals surface area contributed by atoms with E-state index in [-0.39, 0.29) is 5.97 Å². The Morgan fingerprint density at radius 3 is 2.50 bits per heavy atom. The Morgan fingerprint density at radius 1 is 1.43 bits per heavy atom. The van der Waals surface area contributed by atoms with Gasteiger partial charge in [-0.2, -0.15) is 0 Å². The molecule has 2 aliphatic heterocycles. The number of rotatable bonds is 1. The van der Waals surface area contributed by atoms with Crippen LogP contribution in [0.4, 0.5) is 0 Å². The fourth-order valence-electron chi connectivity index (χ4n) is 2.26. The predicted molar refractivity (Wildman–Crippen MR) is 54.3 cm³/mol. The minimum absolute atomic E-state index is 0.285. The standard InChI is InChI=1S/C10H14O3S/c1-13-10(11)6-7-4-8-2-3-9(5-7)14(8)12/h6,8-9H,2-5H2,1H3. The van der Waals surface area contributed by atoms with Gasteiger partial charge >= 0.3 is 5.97 Å². The van der Waals surface area contributed by atoms with E-state index in [9.17, 15) is 9.00 Å². The summed E-state index contributed by atoms with van der Waals surface area (Å²) in [4.78, 5) is 11.0. The van der Waals surface area contributed by atoms with Gasteiger partial charge in [-0.05, 0) is 25.7 Å². The topological polar surface area (TPSA) is 43.4 Å². The maximum atomic E-state index is 11.7. The third-order valence-electron chi connectivity index (χ3n) is 2.97. The molecule has 4 heteroatoms.